The number of hydrogen-bond acceptors (Lipinski definition) is 2. The molecule has 0 unspecified atom stereocenters. The second-order valence-electron chi connectivity index (χ2n) is 1.51. The van der Waals surface area contributed by atoms with Crippen molar-refractivity contribution in [2.45, 2.75) is 13.8 Å². The topological polar surface area (TPSA) is 12.9 Å². The molecule has 0 fully saturated rings. The van der Waals surface area contributed by atoms with Gasteiger partial charge in [0.25, 0.3) is 0 Å². The number of aromatic nitrogens is 1. The number of nitrogens with zero attached hydrogens (tertiary/aromatic N) is 1. The standard InChI is InChI=1S/C7H7NS.C2H6/c1-3-6-7(4-2)9-5-8-6;1-2/h3-5H,1-2H2;1-2H3. The van der Waals surface area contributed by atoms with Gasteiger partial charge in [0, 0.05) is 0 Å². The molecule has 0 aliphatic carbocycles. The van der Waals surface area contributed by atoms with Crippen molar-refractivity contribution in [1.82, 2.24) is 4.98 Å². The number of hydrogen-bond donors (Lipinski definition) is 0. The van der Waals surface area contributed by atoms with Gasteiger partial charge < -0.3 is 0 Å². The van der Waals surface area contributed by atoms with E-state index in [9.17, 15) is 0 Å². The summed E-state index contributed by atoms with van der Waals surface area (Å²) in [5.41, 5.74) is 2.71. The number of rotatable bonds is 2. The Kier molecular flexibility index (Phi) is 5.39. The predicted molar refractivity (Wildman–Crippen MR) is 53.6 cm³/mol. The minimum Gasteiger partial charge on any atom is -0.245 e. The van der Waals surface area contributed by atoms with E-state index in [0.717, 1.165) is 10.6 Å². The largest absolute Gasteiger partial charge is 0.245 e. The quantitative estimate of drug-likeness (QED) is 0.657. The van der Waals surface area contributed by atoms with Crippen LogP contribution < -0.4 is 0 Å². The Morgan fingerprint density at radius 3 is 2.36 bits per heavy atom. The van der Waals surface area contributed by atoms with Crippen molar-refractivity contribution >= 4 is 23.5 Å². The Morgan fingerprint density at radius 2 is 2.00 bits per heavy atom. The third kappa shape index (κ3) is 2.68. The lowest BCUT2D eigenvalue weighted by Crippen LogP contribution is -1.70. The minimum atomic E-state index is 0.926. The highest BCUT2D eigenvalue weighted by atomic mass is 32.1. The van der Waals surface area contributed by atoms with Gasteiger partial charge in [-0.3, -0.25) is 0 Å². The van der Waals surface area contributed by atoms with Crippen LogP contribution in [0.5, 0.6) is 0 Å². The van der Waals surface area contributed by atoms with Gasteiger partial charge in [-0.2, -0.15) is 0 Å². The zero-order valence-corrected chi connectivity index (χ0v) is 7.82. The molecule has 11 heavy (non-hydrogen) atoms. The predicted octanol–water partition coefficient (Wildman–Crippen LogP) is 3.46. The van der Waals surface area contributed by atoms with Crippen molar-refractivity contribution in [2.24, 2.45) is 0 Å². The fourth-order valence-corrected chi connectivity index (χ4v) is 1.20. The first-order valence-corrected chi connectivity index (χ1v) is 4.45. The molecule has 1 aromatic heterocycles. The fraction of sp³-hybridized carbons (Fsp3) is 0.222. The summed E-state index contributed by atoms with van der Waals surface area (Å²) in [6.07, 6.45) is 3.52. The van der Waals surface area contributed by atoms with Gasteiger partial charge in [0.05, 0.1) is 16.1 Å². The normalized spacial score (nSPS) is 7.82. The molecule has 0 amide bonds. The van der Waals surface area contributed by atoms with Crippen LogP contribution in [-0.4, -0.2) is 4.98 Å². The summed E-state index contributed by atoms with van der Waals surface area (Å²) < 4.78 is 0. The molecule has 0 aliphatic heterocycles. The Hall–Kier alpha value is -0.890. The van der Waals surface area contributed by atoms with Crippen LogP contribution in [0.15, 0.2) is 18.7 Å². The monoisotopic (exact) mass is 167 g/mol. The van der Waals surface area contributed by atoms with E-state index in [0.29, 0.717) is 0 Å². The maximum atomic E-state index is 4.03. The lowest BCUT2D eigenvalue weighted by atomic mass is 10.3. The lowest BCUT2D eigenvalue weighted by Gasteiger charge is -1.83. The summed E-state index contributed by atoms with van der Waals surface area (Å²) in [6.45, 7) is 11.2. The van der Waals surface area contributed by atoms with Crippen molar-refractivity contribution in [3.8, 4) is 0 Å². The van der Waals surface area contributed by atoms with Crippen LogP contribution >= 0.6 is 11.3 Å². The third-order valence-electron chi connectivity index (χ3n) is 1.00. The molecule has 0 N–H and O–H groups in total. The van der Waals surface area contributed by atoms with Crippen molar-refractivity contribution < 1.29 is 0 Å². The average molecular weight is 167 g/mol. The minimum absolute atomic E-state index is 0.926. The lowest BCUT2D eigenvalue weighted by molar-refractivity contribution is 1.38. The first-order chi connectivity index (χ1) is 5.38. The van der Waals surface area contributed by atoms with Gasteiger partial charge in [-0.05, 0) is 12.2 Å². The van der Waals surface area contributed by atoms with Gasteiger partial charge >= 0.3 is 0 Å². The smallest absolute Gasteiger partial charge is 0.0805 e. The van der Waals surface area contributed by atoms with Crippen LogP contribution in [-0.2, 0) is 0 Å². The van der Waals surface area contributed by atoms with Crippen LogP contribution in [0.1, 0.15) is 24.4 Å². The summed E-state index contributed by atoms with van der Waals surface area (Å²) in [6, 6.07) is 0. The van der Waals surface area contributed by atoms with E-state index in [2.05, 4.69) is 18.1 Å². The molecule has 0 radical (unpaired) electrons. The maximum absolute atomic E-state index is 4.03. The fourth-order valence-electron chi connectivity index (χ4n) is 0.570. The molecule has 0 aromatic carbocycles. The SMILES string of the molecule is C=Cc1ncsc1C=C.CC. The molecule has 1 heterocycles. The average Bonchev–Trinajstić information content (AvgIpc) is 2.54. The van der Waals surface area contributed by atoms with Crippen LogP contribution in [0, 0.1) is 0 Å². The molecular weight excluding hydrogens is 154 g/mol. The van der Waals surface area contributed by atoms with Gasteiger partial charge in [-0.15, -0.1) is 11.3 Å². The summed E-state index contributed by atoms with van der Waals surface area (Å²) in [5.74, 6) is 0. The van der Waals surface area contributed by atoms with E-state index >= 15 is 0 Å². The van der Waals surface area contributed by atoms with E-state index in [1.54, 1.807) is 29.0 Å². The van der Waals surface area contributed by atoms with Crippen molar-refractivity contribution in [3.63, 3.8) is 0 Å². The van der Waals surface area contributed by atoms with Gasteiger partial charge in [-0.25, -0.2) is 4.98 Å². The zero-order chi connectivity index (χ0) is 8.69. The molecule has 1 nitrogen and oxygen atoms in total. The Labute approximate surface area is 72.1 Å². The Morgan fingerprint density at radius 1 is 1.36 bits per heavy atom. The summed E-state index contributed by atoms with van der Waals surface area (Å²) in [5, 5.41) is 0. The van der Waals surface area contributed by atoms with Crippen molar-refractivity contribution in [3.05, 3.63) is 29.2 Å². The van der Waals surface area contributed by atoms with Gasteiger partial charge in [-0.1, -0.05) is 27.0 Å². The molecule has 1 aromatic rings. The van der Waals surface area contributed by atoms with Crippen LogP contribution in [0.25, 0.3) is 12.2 Å². The molecule has 2 heteroatoms. The third-order valence-corrected chi connectivity index (χ3v) is 1.84. The summed E-state index contributed by atoms with van der Waals surface area (Å²) >= 11 is 1.57. The van der Waals surface area contributed by atoms with Crippen LogP contribution in [0.3, 0.4) is 0 Å². The van der Waals surface area contributed by atoms with E-state index in [4.69, 9.17) is 0 Å². The molecule has 60 valence electrons. The van der Waals surface area contributed by atoms with Crippen molar-refractivity contribution in [2.75, 3.05) is 0 Å². The van der Waals surface area contributed by atoms with Gasteiger partial charge in [0.2, 0.25) is 0 Å². The second-order valence-corrected chi connectivity index (χ2v) is 2.40. The van der Waals surface area contributed by atoms with E-state index in [-0.39, 0.29) is 0 Å². The summed E-state index contributed by atoms with van der Waals surface area (Å²) in [4.78, 5) is 5.12. The van der Waals surface area contributed by atoms with Gasteiger partial charge in [0.15, 0.2) is 0 Å². The highest BCUT2D eigenvalue weighted by Crippen LogP contribution is 2.14. The molecular formula is C9H13NS. The molecule has 0 saturated heterocycles. The number of thiazole rings is 1. The van der Waals surface area contributed by atoms with Gasteiger partial charge in [0.1, 0.15) is 0 Å². The molecule has 0 spiro atoms. The van der Waals surface area contributed by atoms with E-state index < -0.39 is 0 Å². The molecule has 0 saturated carbocycles. The molecule has 0 bridgehead atoms. The maximum Gasteiger partial charge on any atom is 0.0805 e. The first-order valence-electron chi connectivity index (χ1n) is 3.57. The van der Waals surface area contributed by atoms with Crippen LogP contribution in [0.2, 0.25) is 0 Å². The highest BCUT2D eigenvalue weighted by molar-refractivity contribution is 7.10. The highest BCUT2D eigenvalue weighted by Gasteiger charge is 1.94. The zero-order valence-electron chi connectivity index (χ0n) is 7.00. The van der Waals surface area contributed by atoms with Crippen LogP contribution in [0.4, 0.5) is 0 Å². The molecule has 0 aliphatic rings. The molecule has 1 rings (SSSR count). The second kappa shape index (κ2) is 5.86. The molecule has 0 atom stereocenters. The van der Waals surface area contributed by atoms with E-state index in [1.165, 1.54) is 0 Å². The first kappa shape index (κ1) is 10.1. The van der Waals surface area contributed by atoms with Crippen molar-refractivity contribution in [1.29, 1.82) is 0 Å². The Bertz CT molecular complexity index is 203. The Balaban J connectivity index is 0.000000461. The van der Waals surface area contributed by atoms with E-state index in [1.807, 2.05) is 13.8 Å². The summed E-state index contributed by atoms with van der Waals surface area (Å²) in [7, 11) is 0.